The van der Waals surface area contributed by atoms with Crippen molar-refractivity contribution in [2.75, 3.05) is 18.7 Å². The highest BCUT2D eigenvalue weighted by atomic mass is 32.1. The zero-order chi connectivity index (χ0) is 21.5. The van der Waals surface area contributed by atoms with Gasteiger partial charge in [0, 0.05) is 23.3 Å². The number of anilines is 1. The Balaban J connectivity index is 1.44. The van der Waals surface area contributed by atoms with Crippen LogP contribution in [-0.4, -0.2) is 41.1 Å². The number of hydrogen-bond acceptors (Lipinski definition) is 6. The van der Waals surface area contributed by atoms with Crippen molar-refractivity contribution in [3.63, 3.8) is 0 Å². The Hall–Kier alpha value is -2.61. The topological polar surface area (TPSA) is 80.8 Å². The number of aryl methyl sites for hydroxylation is 1. The second kappa shape index (κ2) is 7.91. The number of thiazole rings is 1. The van der Waals surface area contributed by atoms with Gasteiger partial charge in [-0.1, -0.05) is 26.8 Å². The maximum absolute atomic E-state index is 12.9. The molecular formula is C22H27N3O4S. The average molecular weight is 430 g/mol. The number of nitrogens with one attached hydrogen (secondary N) is 1. The summed E-state index contributed by atoms with van der Waals surface area (Å²) in [6.07, 6.45) is 2.22. The molecule has 30 heavy (non-hydrogen) atoms. The molecule has 0 radical (unpaired) electrons. The van der Waals surface area contributed by atoms with Crippen molar-refractivity contribution in [2.45, 2.75) is 53.0 Å². The van der Waals surface area contributed by atoms with E-state index in [9.17, 15) is 9.59 Å². The van der Waals surface area contributed by atoms with E-state index in [-0.39, 0.29) is 18.6 Å². The predicted molar refractivity (Wildman–Crippen MR) is 115 cm³/mol. The fourth-order valence-corrected chi connectivity index (χ4v) is 4.78. The van der Waals surface area contributed by atoms with Gasteiger partial charge in [-0.05, 0) is 37.5 Å². The minimum absolute atomic E-state index is 0.0129. The minimum Gasteiger partial charge on any atom is -0.454 e. The monoisotopic (exact) mass is 429 g/mol. The number of amides is 2. The fraction of sp³-hybridized carbons (Fsp3) is 0.500. The van der Waals surface area contributed by atoms with Crippen LogP contribution in [0.5, 0.6) is 11.5 Å². The summed E-state index contributed by atoms with van der Waals surface area (Å²) in [6, 6.07) is 5.48. The summed E-state index contributed by atoms with van der Waals surface area (Å²) in [5, 5.41) is 3.51. The van der Waals surface area contributed by atoms with Crippen LogP contribution in [0.3, 0.4) is 0 Å². The second-order valence-corrected chi connectivity index (χ2v) is 9.87. The zero-order valence-corrected chi connectivity index (χ0v) is 18.6. The van der Waals surface area contributed by atoms with Crippen molar-refractivity contribution in [3.8, 4) is 11.5 Å². The highest BCUT2D eigenvalue weighted by Gasteiger charge is 2.38. The number of ether oxygens (including phenoxy) is 2. The third-order valence-corrected chi connectivity index (χ3v) is 6.46. The summed E-state index contributed by atoms with van der Waals surface area (Å²) >= 11 is 1.47. The molecule has 2 amide bonds. The largest absolute Gasteiger partial charge is 0.454 e. The molecule has 0 unspecified atom stereocenters. The van der Waals surface area contributed by atoms with Gasteiger partial charge in [0.15, 0.2) is 16.6 Å². The summed E-state index contributed by atoms with van der Waals surface area (Å²) in [7, 11) is 0. The van der Waals surface area contributed by atoms with E-state index in [0.29, 0.717) is 24.5 Å². The van der Waals surface area contributed by atoms with Crippen molar-refractivity contribution in [1.82, 2.24) is 9.88 Å². The molecule has 0 bridgehead atoms. The Morgan fingerprint density at radius 2 is 2.03 bits per heavy atom. The molecule has 8 heteroatoms. The first-order valence-electron chi connectivity index (χ1n) is 10.2. The van der Waals surface area contributed by atoms with E-state index in [4.69, 9.17) is 9.47 Å². The number of nitrogens with zero attached hydrogens (tertiary/aromatic N) is 2. The standard InChI is InChI=1S/C22H27N3O4S/c1-13-18(11-14-7-8-16-17(10-14)29-12-28-16)30-21(23-13)24-19(26)15-6-5-9-25(15)20(27)22(2,3)4/h7-8,10,15H,5-6,9,11-12H2,1-4H3,(H,23,24,26)/t15-/m0/s1. The first-order valence-corrected chi connectivity index (χ1v) is 11.0. The Labute approximate surface area is 180 Å². The lowest BCUT2D eigenvalue weighted by molar-refractivity contribution is -0.143. The van der Waals surface area contributed by atoms with Crippen molar-refractivity contribution in [2.24, 2.45) is 5.41 Å². The summed E-state index contributed by atoms with van der Waals surface area (Å²) in [5.41, 5.74) is 1.49. The molecule has 2 aromatic rings. The molecule has 1 atom stereocenters. The molecule has 7 nitrogen and oxygen atoms in total. The molecule has 160 valence electrons. The van der Waals surface area contributed by atoms with Gasteiger partial charge in [0.2, 0.25) is 18.6 Å². The highest BCUT2D eigenvalue weighted by Crippen LogP contribution is 2.34. The maximum atomic E-state index is 12.9. The van der Waals surface area contributed by atoms with Gasteiger partial charge in [-0.2, -0.15) is 0 Å². The zero-order valence-electron chi connectivity index (χ0n) is 17.8. The number of aromatic nitrogens is 1. The third kappa shape index (κ3) is 4.14. The molecule has 1 N–H and O–H groups in total. The molecule has 0 saturated carbocycles. The maximum Gasteiger partial charge on any atom is 0.248 e. The Bertz CT molecular complexity index is 979. The summed E-state index contributed by atoms with van der Waals surface area (Å²) in [5.74, 6) is 1.37. The van der Waals surface area contributed by atoms with Gasteiger partial charge in [0.05, 0.1) is 5.69 Å². The SMILES string of the molecule is Cc1nc(NC(=O)[C@@H]2CCCN2C(=O)C(C)(C)C)sc1Cc1ccc2c(c1)OCO2. The van der Waals surface area contributed by atoms with E-state index in [2.05, 4.69) is 10.3 Å². The summed E-state index contributed by atoms with van der Waals surface area (Å²) in [6.45, 7) is 8.48. The molecule has 2 aliphatic heterocycles. The van der Waals surface area contributed by atoms with E-state index in [1.807, 2.05) is 45.9 Å². The van der Waals surface area contributed by atoms with Gasteiger partial charge < -0.3 is 19.7 Å². The van der Waals surface area contributed by atoms with E-state index in [1.165, 1.54) is 11.3 Å². The van der Waals surface area contributed by atoms with Gasteiger partial charge in [0.25, 0.3) is 0 Å². The quantitative estimate of drug-likeness (QED) is 0.801. The molecule has 1 fully saturated rings. The minimum atomic E-state index is -0.502. The van der Waals surface area contributed by atoms with Crippen LogP contribution in [0, 0.1) is 12.3 Å². The van der Waals surface area contributed by atoms with Crippen molar-refractivity contribution >= 4 is 28.3 Å². The Morgan fingerprint density at radius 3 is 2.80 bits per heavy atom. The van der Waals surface area contributed by atoms with Gasteiger partial charge in [-0.25, -0.2) is 4.98 Å². The Kier molecular flexibility index (Phi) is 5.44. The molecule has 0 aliphatic carbocycles. The normalized spacial score (nSPS) is 18.0. The van der Waals surface area contributed by atoms with Crippen molar-refractivity contribution < 1.29 is 19.1 Å². The van der Waals surface area contributed by atoms with Crippen LogP contribution in [0.25, 0.3) is 0 Å². The van der Waals surface area contributed by atoms with Crippen molar-refractivity contribution in [1.29, 1.82) is 0 Å². The number of carbonyl (C=O) groups is 2. The molecule has 1 aromatic heterocycles. The van der Waals surface area contributed by atoms with Gasteiger partial charge >= 0.3 is 0 Å². The van der Waals surface area contributed by atoms with E-state index in [0.717, 1.165) is 34.1 Å². The van der Waals surface area contributed by atoms with Crippen LogP contribution >= 0.6 is 11.3 Å². The lowest BCUT2D eigenvalue weighted by atomic mass is 9.94. The third-order valence-electron chi connectivity index (χ3n) is 5.38. The summed E-state index contributed by atoms with van der Waals surface area (Å²) in [4.78, 5) is 32.9. The second-order valence-electron chi connectivity index (χ2n) is 8.79. The van der Waals surface area contributed by atoms with E-state index >= 15 is 0 Å². The first-order chi connectivity index (χ1) is 14.2. The van der Waals surface area contributed by atoms with Crippen LogP contribution in [0.15, 0.2) is 18.2 Å². The van der Waals surface area contributed by atoms with E-state index < -0.39 is 11.5 Å². The average Bonchev–Trinajstić information content (AvgIpc) is 3.40. The smallest absolute Gasteiger partial charge is 0.248 e. The predicted octanol–water partition coefficient (Wildman–Crippen LogP) is 3.75. The molecule has 1 saturated heterocycles. The number of likely N-dealkylation sites (tertiary alicyclic amines) is 1. The molecule has 1 aromatic carbocycles. The summed E-state index contributed by atoms with van der Waals surface area (Å²) < 4.78 is 10.8. The number of fused-ring (bicyclic) bond motifs is 1. The van der Waals surface area contributed by atoms with Gasteiger partial charge in [-0.3, -0.25) is 9.59 Å². The number of hydrogen-bond donors (Lipinski definition) is 1. The lowest BCUT2D eigenvalue weighted by Gasteiger charge is -2.30. The van der Waals surface area contributed by atoms with Crippen LogP contribution in [0.2, 0.25) is 0 Å². The Morgan fingerprint density at radius 1 is 1.27 bits per heavy atom. The van der Waals surface area contributed by atoms with Crippen LogP contribution in [0.1, 0.15) is 49.7 Å². The molecule has 0 spiro atoms. The molecule has 4 rings (SSSR count). The van der Waals surface area contributed by atoms with Crippen LogP contribution < -0.4 is 14.8 Å². The highest BCUT2D eigenvalue weighted by molar-refractivity contribution is 7.15. The molecular weight excluding hydrogens is 402 g/mol. The first kappa shape index (κ1) is 20.7. The number of benzene rings is 1. The number of carbonyl (C=O) groups excluding carboxylic acids is 2. The lowest BCUT2D eigenvalue weighted by Crippen LogP contribution is -2.47. The molecule has 3 heterocycles. The van der Waals surface area contributed by atoms with E-state index in [1.54, 1.807) is 4.90 Å². The van der Waals surface area contributed by atoms with Crippen LogP contribution in [-0.2, 0) is 16.0 Å². The van der Waals surface area contributed by atoms with Crippen molar-refractivity contribution in [3.05, 3.63) is 34.3 Å². The van der Waals surface area contributed by atoms with Gasteiger partial charge in [0.1, 0.15) is 6.04 Å². The van der Waals surface area contributed by atoms with Crippen LogP contribution in [0.4, 0.5) is 5.13 Å². The number of rotatable bonds is 4. The fourth-order valence-electron chi connectivity index (χ4n) is 3.78. The molecule has 2 aliphatic rings. The van der Waals surface area contributed by atoms with Gasteiger partial charge in [-0.15, -0.1) is 11.3 Å².